The van der Waals surface area contributed by atoms with Crippen LogP contribution in [0.4, 0.5) is 0 Å². The van der Waals surface area contributed by atoms with Gasteiger partial charge in [-0.05, 0) is 37.5 Å². The molecule has 2 heteroatoms. The van der Waals surface area contributed by atoms with Gasteiger partial charge in [-0.15, -0.1) is 0 Å². The second-order valence-electron chi connectivity index (χ2n) is 5.74. The Morgan fingerprint density at radius 1 is 0.765 bits per heavy atom. The molecule has 2 unspecified atom stereocenters. The minimum Gasteiger partial charge on any atom is -0.222 e. The van der Waals surface area contributed by atoms with E-state index in [1.54, 1.807) is 0 Å². The second kappa shape index (κ2) is 9.41. The van der Waals surface area contributed by atoms with Gasteiger partial charge in [0.05, 0.1) is 18.1 Å². The smallest absolute Gasteiger partial charge is 0.0898 e. The van der Waals surface area contributed by atoms with Crippen molar-refractivity contribution in [2.24, 2.45) is 21.8 Å². The first kappa shape index (κ1) is 16.4. The van der Waals surface area contributed by atoms with Gasteiger partial charge in [0.25, 0.3) is 0 Å². The third-order valence-electron chi connectivity index (χ3n) is 2.91. The van der Waals surface area contributed by atoms with Gasteiger partial charge in [-0.3, -0.25) is 0 Å². The van der Waals surface area contributed by atoms with Crippen molar-refractivity contribution in [3.63, 3.8) is 0 Å². The molecular formula is C15H30N2. The maximum atomic E-state index is 4.46. The van der Waals surface area contributed by atoms with E-state index in [9.17, 15) is 0 Å². The van der Waals surface area contributed by atoms with Gasteiger partial charge in [-0.25, -0.2) is 9.98 Å². The molecule has 100 valence electrons. The lowest BCUT2D eigenvalue weighted by atomic mass is 10.0. The van der Waals surface area contributed by atoms with Crippen LogP contribution in [0.5, 0.6) is 0 Å². The van der Waals surface area contributed by atoms with Crippen LogP contribution in [0.15, 0.2) is 9.98 Å². The Bertz CT molecular complexity index is 215. The first-order chi connectivity index (χ1) is 7.99. The molecule has 0 rings (SSSR count). The Hall–Kier alpha value is -0.620. The zero-order chi connectivity index (χ0) is 13.3. The molecule has 0 aliphatic rings. The van der Waals surface area contributed by atoms with E-state index in [0.717, 1.165) is 25.7 Å². The second-order valence-corrected chi connectivity index (χ2v) is 5.74. The highest BCUT2D eigenvalue weighted by Gasteiger charge is 2.07. The van der Waals surface area contributed by atoms with E-state index in [-0.39, 0.29) is 0 Å². The molecule has 0 radical (unpaired) electrons. The predicted molar refractivity (Wildman–Crippen MR) is 76.9 cm³/mol. The summed E-state index contributed by atoms with van der Waals surface area (Å²) in [5, 5.41) is 0. The molecule has 0 aromatic heterocycles. The lowest BCUT2D eigenvalue weighted by Gasteiger charge is -2.11. The number of nitrogens with zero attached hydrogens (tertiary/aromatic N) is 2. The molecular weight excluding hydrogens is 208 g/mol. The van der Waals surface area contributed by atoms with E-state index in [1.165, 1.54) is 0 Å². The molecule has 0 saturated heterocycles. The Morgan fingerprint density at radius 2 is 1.12 bits per heavy atom. The molecule has 0 aromatic rings. The van der Waals surface area contributed by atoms with Crippen molar-refractivity contribution in [2.75, 3.05) is 0 Å². The van der Waals surface area contributed by atoms with E-state index in [0.29, 0.717) is 23.9 Å². The van der Waals surface area contributed by atoms with Gasteiger partial charge in [-0.2, -0.15) is 0 Å². The predicted octanol–water partition coefficient (Wildman–Crippen LogP) is 4.81. The number of hydrogen-bond acceptors (Lipinski definition) is 2. The molecule has 0 heterocycles. The van der Waals surface area contributed by atoms with Gasteiger partial charge in [0.15, 0.2) is 0 Å². The molecule has 0 aliphatic carbocycles. The van der Waals surface area contributed by atoms with Crippen molar-refractivity contribution in [1.82, 2.24) is 0 Å². The van der Waals surface area contributed by atoms with Gasteiger partial charge in [0.2, 0.25) is 0 Å². The van der Waals surface area contributed by atoms with Crippen LogP contribution < -0.4 is 0 Å². The quantitative estimate of drug-likeness (QED) is 0.542. The van der Waals surface area contributed by atoms with Crippen molar-refractivity contribution in [2.45, 2.75) is 79.3 Å². The SMILES string of the molecule is CCC(CC(C)C)N=C=NC(CC)CC(C)C. The number of rotatable bonds is 8. The summed E-state index contributed by atoms with van der Waals surface area (Å²) < 4.78 is 0. The van der Waals surface area contributed by atoms with Crippen LogP contribution in [-0.2, 0) is 0 Å². The zero-order valence-corrected chi connectivity index (χ0v) is 12.5. The largest absolute Gasteiger partial charge is 0.222 e. The molecule has 0 amide bonds. The highest BCUT2D eigenvalue weighted by Crippen LogP contribution is 2.12. The fourth-order valence-corrected chi connectivity index (χ4v) is 1.91. The Kier molecular flexibility index (Phi) is 9.07. The first-order valence-corrected chi connectivity index (χ1v) is 7.14. The third kappa shape index (κ3) is 9.12. The minimum atomic E-state index is 0.398. The average molecular weight is 238 g/mol. The normalized spacial score (nSPS) is 14.6. The standard InChI is InChI=1S/C15H30N2/c1-7-14(9-12(3)4)16-11-17-15(8-2)10-13(5)6/h12-15H,7-10H2,1-6H3. The highest BCUT2D eigenvalue weighted by molar-refractivity contribution is 5.42. The fraction of sp³-hybridized carbons (Fsp3) is 0.933. The van der Waals surface area contributed by atoms with Crippen LogP contribution in [0.2, 0.25) is 0 Å². The summed E-state index contributed by atoms with van der Waals surface area (Å²) in [4.78, 5) is 8.92. The third-order valence-corrected chi connectivity index (χ3v) is 2.91. The summed E-state index contributed by atoms with van der Waals surface area (Å²) in [5.74, 6) is 1.39. The van der Waals surface area contributed by atoms with Gasteiger partial charge in [0, 0.05) is 0 Å². The van der Waals surface area contributed by atoms with Gasteiger partial charge in [0.1, 0.15) is 0 Å². The van der Waals surface area contributed by atoms with Gasteiger partial charge < -0.3 is 0 Å². The summed E-state index contributed by atoms with van der Waals surface area (Å²) in [5.41, 5.74) is 0. The maximum Gasteiger partial charge on any atom is 0.0898 e. The van der Waals surface area contributed by atoms with Crippen molar-refractivity contribution < 1.29 is 0 Å². The van der Waals surface area contributed by atoms with E-state index in [2.05, 4.69) is 57.5 Å². The van der Waals surface area contributed by atoms with Crippen molar-refractivity contribution in [3.05, 3.63) is 0 Å². The van der Waals surface area contributed by atoms with E-state index >= 15 is 0 Å². The van der Waals surface area contributed by atoms with Crippen LogP contribution in [0, 0.1) is 11.8 Å². The minimum absolute atomic E-state index is 0.398. The fourth-order valence-electron chi connectivity index (χ4n) is 1.91. The highest BCUT2D eigenvalue weighted by atomic mass is 14.9. The van der Waals surface area contributed by atoms with Crippen molar-refractivity contribution in [3.8, 4) is 0 Å². The average Bonchev–Trinajstić information content (AvgIpc) is 2.25. The summed E-state index contributed by atoms with van der Waals surface area (Å²) in [6.07, 6.45) is 4.45. The van der Waals surface area contributed by atoms with Crippen LogP contribution >= 0.6 is 0 Å². The first-order valence-electron chi connectivity index (χ1n) is 7.14. The lowest BCUT2D eigenvalue weighted by Crippen LogP contribution is -2.08. The molecule has 0 fully saturated rings. The summed E-state index contributed by atoms with van der Waals surface area (Å²) in [6.45, 7) is 13.3. The molecule has 17 heavy (non-hydrogen) atoms. The zero-order valence-electron chi connectivity index (χ0n) is 12.5. The lowest BCUT2D eigenvalue weighted by molar-refractivity contribution is 0.482. The van der Waals surface area contributed by atoms with Gasteiger partial charge >= 0.3 is 0 Å². The summed E-state index contributed by atoms with van der Waals surface area (Å²) >= 11 is 0. The summed E-state index contributed by atoms with van der Waals surface area (Å²) in [6, 6.07) is 3.75. The number of hydrogen-bond donors (Lipinski definition) is 0. The van der Waals surface area contributed by atoms with Crippen LogP contribution in [0.25, 0.3) is 0 Å². The van der Waals surface area contributed by atoms with Crippen LogP contribution in [0.3, 0.4) is 0 Å². The Morgan fingerprint density at radius 3 is 1.35 bits per heavy atom. The Labute approximate surface area is 108 Å². The maximum absolute atomic E-state index is 4.46. The topological polar surface area (TPSA) is 24.7 Å². The molecule has 0 spiro atoms. The van der Waals surface area contributed by atoms with Crippen LogP contribution in [-0.4, -0.2) is 18.1 Å². The van der Waals surface area contributed by atoms with Gasteiger partial charge in [-0.1, -0.05) is 41.5 Å². The molecule has 0 aromatic carbocycles. The molecule has 0 aliphatic heterocycles. The number of aliphatic imine (C=N–C) groups is 2. The Balaban J connectivity index is 4.33. The van der Waals surface area contributed by atoms with E-state index in [4.69, 9.17) is 0 Å². The van der Waals surface area contributed by atoms with Crippen molar-refractivity contribution >= 4 is 6.01 Å². The summed E-state index contributed by atoms with van der Waals surface area (Å²) in [7, 11) is 0. The van der Waals surface area contributed by atoms with Crippen LogP contribution in [0.1, 0.15) is 67.2 Å². The molecule has 0 bridgehead atoms. The van der Waals surface area contributed by atoms with E-state index < -0.39 is 0 Å². The molecule has 2 nitrogen and oxygen atoms in total. The monoisotopic (exact) mass is 238 g/mol. The molecule has 0 N–H and O–H groups in total. The van der Waals surface area contributed by atoms with E-state index in [1.807, 2.05) is 0 Å². The molecule has 0 saturated carbocycles. The van der Waals surface area contributed by atoms with Crippen molar-refractivity contribution in [1.29, 1.82) is 0 Å². The molecule has 2 atom stereocenters.